The number of halogens is 1. The lowest BCUT2D eigenvalue weighted by molar-refractivity contribution is 0.189. The number of aliphatic imine (C=N–C) groups is 1. The number of nitrogens with zero attached hydrogens (tertiary/aromatic N) is 5. The maximum absolute atomic E-state index is 5.52. The highest BCUT2D eigenvalue weighted by Gasteiger charge is 2.29. The number of piperidine rings is 1. The summed E-state index contributed by atoms with van der Waals surface area (Å²) in [7, 11) is 3.54. The number of rotatable bonds is 4. The molecule has 2 aromatic heterocycles. The van der Waals surface area contributed by atoms with Gasteiger partial charge in [-0.05, 0) is 26.2 Å². The second-order valence-electron chi connectivity index (χ2n) is 7.24. The summed E-state index contributed by atoms with van der Waals surface area (Å²) >= 11 is 0. The fraction of sp³-hybridized carbons (Fsp3) is 0.550. The van der Waals surface area contributed by atoms with Crippen LogP contribution < -0.4 is 10.1 Å². The molecule has 8 heteroatoms. The lowest BCUT2D eigenvalue weighted by atomic mass is 9.93. The van der Waals surface area contributed by atoms with Gasteiger partial charge in [0, 0.05) is 49.9 Å². The number of nitrogens with one attached hydrogen (secondary N) is 1. The van der Waals surface area contributed by atoms with E-state index in [4.69, 9.17) is 4.74 Å². The molecule has 7 nitrogen and oxygen atoms in total. The van der Waals surface area contributed by atoms with E-state index in [1.165, 1.54) is 0 Å². The predicted octanol–water partition coefficient (Wildman–Crippen LogP) is 3.18. The van der Waals surface area contributed by atoms with Gasteiger partial charge in [0.25, 0.3) is 0 Å². The van der Waals surface area contributed by atoms with Gasteiger partial charge < -0.3 is 19.5 Å². The highest BCUT2D eigenvalue weighted by molar-refractivity contribution is 14.0. The van der Waals surface area contributed by atoms with Crippen LogP contribution in [0.4, 0.5) is 0 Å². The molecule has 0 saturated carbocycles. The van der Waals surface area contributed by atoms with Crippen molar-refractivity contribution >= 4 is 29.9 Å². The van der Waals surface area contributed by atoms with Crippen LogP contribution in [0.3, 0.4) is 0 Å². The molecular weight excluding hydrogens is 467 g/mol. The second kappa shape index (κ2) is 10.1. The maximum atomic E-state index is 5.52. The van der Waals surface area contributed by atoms with E-state index in [1.54, 1.807) is 7.11 Å². The van der Waals surface area contributed by atoms with Crippen molar-refractivity contribution in [1.29, 1.82) is 0 Å². The van der Waals surface area contributed by atoms with Gasteiger partial charge in [0.1, 0.15) is 5.75 Å². The molecule has 1 saturated heterocycles. The molecule has 0 aliphatic carbocycles. The van der Waals surface area contributed by atoms with Crippen LogP contribution in [0, 0.1) is 19.8 Å². The van der Waals surface area contributed by atoms with Crippen LogP contribution in [0.1, 0.15) is 36.2 Å². The quantitative estimate of drug-likeness (QED) is 0.399. The number of hydrogen-bond donors (Lipinski definition) is 1. The van der Waals surface area contributed by atoms with Crippen LogP contribution in [0.15, 0.2) is 29.9 Å². The average Bonchev–Trinajstić information content (AvgIpc) is 3.19. The van der Waals surface area contributed by atoms with Crippen LogP contribution in [0.2, 0.25) is 0 Å². The molecular formula is C20H31IN6O. The first-order valence-electron chi connectivity index (χ1n) is 9.47. The number of aryl methyl sites for hydroxylation is 1. The third-order valence-electron chi connectivity index (χ3n) is 5.50. The largest absolute Gasteiger partial charge is 0.496 e. The zero-order valence-corrected chi connectivity index (χ0v) is 19.7. The Balaban J connectivity index is 0.00000280. The van der Waals surface area contributed by atoms with Gasteiger partial charge in [-0.3, -0.25) is 9.98 Å². The van der Waals surface area contributed by atoms with Gasteiger partial charge in [0.05, 0.1) is 31.7 Å². The Morgan fingerprint density at radius 3 is 2.82 bits per heavy atom. The molecule has 3 rings (SSSR count). The summed E-state index contributed by atoms with van der Waals surface area (Å²) in [6.07, 6.45) is 8.79. The summed E-state index contributed by atoms with van der Waals surface area (Å²) in [5.41, 5.74) is 3.11. The zero-order valence-electron chi connectivity index (χ0n) is 17.3. The summed E-state index contributed by atoms with van der Waals surface area (Å²) < 4.78 is 7.72. The molecule has 2 atom stereocenters. The number of methoxy groups -OCH3 is 1. The number of imidazole rings is 1. The average molecular weight is 498 g/mol. The maximum Gasteiger partial charge on any atom is 0.194 e. The van der Waals surface area contributed by atoms with E-state index in [0.29, 0.717) is 18.5 Å². The van der Waals surface area contributed by atoms with Gasteiger partial charge >= 0.3 is 0 Å². The fourth-order valence-corrected chi connectivity index (χ4v) is 3.84. The summed E-state index contributed by atoms with van der Waals surface area (Å²) in [6.45, 7) is 8.91. The Kier molecular flexibility index (Phi) is 8.09. The minimum absolute atomic E-state index is 0. The zero-order chi connectivity index (χ0) is 19.4. The van der Waals surface area contributed by atoms with Crippen molar-refractivity contribution < 1.29 is 4.74 Å². The Morgan fingerprint density at radius 1 is 1.39 bits per heavy atom. The Morgan fingerprint density at radius 2 is 2.18 bits per heavy atom. The highest BCUT2D eigenvalue weighted by Crippen LogP contribution is 2.27. The van der Waals surface area contributed by atoms with Gasteiger partial charge in [0.2, 0.25) is 0 Å². The first-order chi connectivity index (χ1) is 13.0. The van der Waals surface area contributed by atoms with Crippen LogP contribution in [-0.4, -0.2) is 52.6 Å². The molecule has 1 aliphatic rings. The SMILES string of the molecule is CN=C(NCc1ncc(C)c(OC)c1C)N1CCC(C)C(n2ccnc2)C1.I. The summed E-state index contributed by atoms with van der Waals surface area (Å²) in [5.74, 6) is 2.43. The number of ether oxygens (including phenoxy) is 1. The molecule has 1 aliphatic heterocycles. The van der Waals surface area contributed by atoms with Crippen molar-refractivity contribution in [2.75, 3.05) is 27.2 Å². The normalized spacial score (nSPS) is 19.9. The van der Waals surface area contributed by atoms with Gasteiger partial charge in [-0.1, -0.05) is 6.92 Å². The van der Waals surface area contributed by atoms with E-state index in [1.807, 2.05) is 38.9 Å². The number of aromatic nitrogens is 3. The first kappa shape index (κ1) is 22.4. The van der Waals surface area contributed by atoms with Gasteiger partial charge in [0.15, 0.2) is 5.96 Å². The van der Waals surface area contributed by atoms with Crippen molar-refractivity contribution in [2.45, 2.75) is 39.8 Å². The van der Waals surface area contributed by atoms with E-state index < -0.39 is 0 Å². The molecule has 1 fully saturated rings. The van der Waals surface area contributed by atoms with E-state index in [9.17, 15) is 0 Å². The number of guanidine groups is 1. The predicted molar refractivity (Wildman–Crippen MR) is 122 cm³/mol. The van der Waals surface area contributed by atoms with Crippen molar-refractivity contribution in [3.63, 3.8) is 0 Å². The van der Waals surface area contributed by atoms with Gasteiger partial charge in [-0.25, -0.2) is 4.98 Å². The van der Waals surface area contributed by atoms with E-state index in [-0.39, 0.29) is 24.0 Å². The lowest BCUT2D eigenvalue weighted by Gasteiger charge is -2.39. The minimum atomic E-state index is 0. The summed E-state index contributed by atoms with van der Waals surface area (Å²) in [5, 5.41) is 3.48. The number of likely N-dealkylation sites (tertiary alicyclic amines) is 1. The van der Waals surface area contributed by atoms with Crippen LogP contribution in [0.25, 0.3) is 0 Å². The highest BCUT2D eigenvalue weighted by atomic mass is 127. The monoisotopic (exact) mass is 498 g/mol. The van der Waals surface area contributed by atoms with Crippen molar-refractivity contribution in [2.24, 2.45) is 10.9 Å². The standard InChI is InChI=1S/C20H30N6O.HI/c1-14-6-8-25(12-18(14)26-9-7-22-13-26)20(21-4)24-11-17-16(3)19(27-5)15(2)10-23-17;/h7,9-10,13-14,18H,6,8,11-12H2,1-5H3,(H,21,24);1H. The Bertz CT molecular complexity index is 792. The van der Waals surface area contributed by atoms with E-state index >= 15 is 0 Å². The van der Waals surface area contributed by atoms with Crippen LogP contribution in [-0.2, 0) is 6.54 Å². The topological polar surface area (TPSA) is 67.6 Å². The van der Waals surface area contributed by atoms with Crippen molar-refractivity contribution in [3.8, 4) is 5.75 Å². The second-order valence-corrected chi connectivity index (χ2v) is 7.24. The number of pyridine rings is 1. The molecule has 0 aromatic carbocycles. The van der Waals surface area contributed by atoms with Crippen molar-refractivity contribution in [1.82, 2.24) is 24.8 Å². The molecule has 2 aromatic rings. The van der Waals surface area contributed by atoms with Crippen molar-refractivity contribution in [3.05, 3.63) is 41.7 Å². The van der Waals surface area contributed by atoms with Gasteiger partial charge in [-0.2, -0.15) is 0 Å². The molecule has 3 heterocycles. The molecule has 0 amide bonds. The summed E-state index contributed by atoms with van der Waals surface area (Å²) in [4.78, 5) is 15.6. The summed E-state index contributed by atoms with van der Waals surface area (Å²) in [6, 6.07) is 0.402. The fourth-order valence-electron chi connectivity index (χ4n) is 3.84. The minimum Gasteiger partial charge on any atom is -0.496 e. The third kappa shape index (κ3) is 4.76. The third-order valence-corrected chi connectivity index (χ3v) is 5.50. The lowest BCUT2D eigenvalue weighted by Crippen LogP contribution is -2.48. The molecule has 154 valence electrons. The van der Waals surface area contributed by atoms with Crippen LogP contribution >= 0.6 is 24.0 Å². The molecule has 0 spiro atoms. The molecule has 1 N–H and O–H groups in total. The van der Waals surface area contributed by atoms with Gasteiger partial charge in [-0.15, -0.1) is 24.0 Å². The molecule has 2 unspecified atom stereocenters. The van der Waals surface area contributed by atoms with E-state index in [2.05, 4.69) is 43.6 Å². The Labute approximate surface area is 184 Å². The number of hydrogen-bond acceptors (Lipinski definition) is 4. The molecule has 0 radical (unpaired) electrons. The Hall–Kier alpha value is -1.84. The van der Waals surface area contributed by atoms with Crippen LogP contribution in [0.5, 0.6) is 5.75 Å². The molecule has 0 bridgehead atoms. The first-order valence-corrected chi connectivity index (χ1v) is 9.47. The van der Waals surface area contributed by atoms with E-state index in [0.717, 1.165) is 48.0 Å². The smallest absolute Gasteiger partial charge is 0.194 e. The molecule has 28 heavy (non-hydrogen) atoms.